The van der Waals surface area contributed by atoms with Crippen molar-refractivity contribution in [1.29, 1.82) is 0 Å². The molecule has 15 heteroatoms. The molecule has 11 nitrogen and oxygen atoms in total. The second-order valence-electron chi connectivity index (χ2n) is 31.6. The summed E-state index contributed by atoms with van der Waals surface area (Å²) in [5.41, 5.74) is 1.44. The number of rotatable bonds is 32. The highest BCUT2D eigenvalue weighted by Gasteiger charge is 2.57. The smallest absolute Gasteiger partial charge is 0.338 e. The predicted octanol–water partition coefficient (Wildman–Crippen LogP) is 18.1. The molecule has 11 rings (SSSR count). The average molecular weight is 1530 g/mol. The topological polar surface area (TPSA) is 109 Å². The zero-order valence-electron chi connectivity index (χ0n) is 65.9. The van der Waals surface area contributed by atoms with Gasteiger partial charge in [-0.3, -0.25) is 0 Å². The van der Waals surface area contributed by atoms with Crippen LogP contribution >= 0.6 is 0 Å². The Bertz CT molecular complexity index is 4190. The van der Waals surface area contributed by atoms with E-state index < -0.39 is 59.4 Å². The zero-order chi connectivity index (χ0) is 78.4. The lowest BCUT2D eigenvalue weighted by molar-refractivity contribution is 0.0599. The maximum atomic E-state index is 14.3. The third-order valence-electron chi connectivity index (χ3n) is 20.1. The molecule has 0 bridgehead atoms. The number of hydrogen-bond acceptors (Lipinski definition) is 11. The lowest BCUT2D eigenvalue weighted by atomic mass is 10.1. The van der Waals surface area contributed by atoms with Crippen molar-refractivity contribution in [3.63, 3.8) is 0 Å². The van der Waals surface area contributed by atoms with Gasteiger partial charge in [0.05, 0.1) is 12.7 Å². The molecule has 0 saturated carbocycles. The van der Waals surface area contributed by atoms with Gasteiger partial charge >= 0.3 is 39.2 Å². The summed E-state index contributed by atoms with van der Waals surface area (Å²) in [4.78, 5) is 14.3. The maximum Gasteiger partial charge on any atom is 0.338 e. The zero-order valence-corrected chi connectivity index (χ0v) is 69.9. The molecule has 566 valence electrons. The summed E-state index contributed by atoms with van der Waals surface area (Å²) < 4.78 is 73.0. The molecular formula is C95H104O11Si4. The molecule has 0 N–H and O–H groups in total. The van der Waals surface area contributed by atoms with Crippen LogP contribution < -0.4 is 82.9 Å². The molecule has 0 unspecified atom stereocenters. The molecule has 11 aromatic rings. The summed E-state index contributed by atoms with van der Waals surface area (Å²) in [6.07, 6.45) is 5.12. The number of hydrogen-bond donors (Lipinski definition) is 0. The van der Waals surface area contributed by atoms with Gasteiger partial charge in [-0.05, 0) is 109 Å². The predicted molar refractivity (Wildman–Crippen MR) is 459 cm³/mol. The molecule has 0 amide bonds. The van der Waals surface area contributed by atoms with Crippen molar-refractivity contribution in [2.75, 3.05) is 26.9 Å². The molecule has 110 heavy (non-hydrogen) atoms. The molecule has 0 aliphatic rings. The molecule has 11 aromatic carbocycles. The minimum Gasteiger partial charge on any atom is -0.531 e. The highest BCUT2D eigenvalue weighted by molar-refractivity contribution is 7.02. The van der Waals surface area contributed by atoms with Crippen LogP contribution in [0.3, 0.4) is 0 Å². The molecule has 0 spiro atoms. The van der Waals surface area contributed by atoms with E-state index in [2.05, 4.69) is 297 Å². The summed E-state index contributed by atoms with van der Waals surface area (Å²) in [5.74, 6) is 2.54. The Morgan fingerprint density at radius 3 is 0.655 bits per heavy atom. The van der Waals surface area contributed by atoms with Crippen molar-refractivity contribution in [3.8, 4) is 51.7 Å². The Hall–Kier alpha value is -10.8. The van der Waals surface area contributed by atoms with Gasteiger partial charge in [-0.2, -0.15) is 0 Å². The quantitative estimate of drug-likeness (QED) is 0.0228. The van der Waals surface area contributed by atoms with E-state index in [1.54, 1.807) is 30.4 Å². The molecule has 0 aromatic heterocycles. The summed E-state index contributed by atoms with van der Waals surface area (Å²) in [6.45, 7) is 39.4. The third kappa shape index (κ3) is 16.5. The average Bonchev–Trinajstić information content (AvgIpc) is 0.719. The standard InChI is InChI=1S/C95H104O11Si4/c1-17-60-98-88-82(101-69-71-63-84(103-107(92(4,5)6,74-44-28-20-29-45-74)75-46-30-21-31-47-75)89(99-61-18-2)85(64-71)104-108(93(7,8)9,76-48-32-22-33-49-76)77-50-34-23-35-51-77)67-73(91(96)97-16)68-83(88)102-70-72-65-86(105-109(94(10,11)12,78-52-36-24-37-53-78)79-54-38-25-39-55-79)90(100-62-19-3)87(66-72)106-110(95(13,14)15,80-56-40-26-41-57-80)81-58-42-27-43-59-81/h17-59,63-68H,1-3,60-62,69-70H2,4-16H3. The second-order valence-corrected chi connectivity index (χ2v) is 48.5. The van der Waals surface area contributed by atoms with Crippen LogP contribution in [0.25, 0.3) is 0 Å². The van der Waals surface area contributed by atoms with Crippen LogP contribution in [0.2, 0.25) is 20.2 Å². The fourth-order valence-corrected chi connectivity index (χ4v) is 32.8. The first-order chi connectivity index (χ1) is 52.8. The number of benzene rings is 11. The van der Waals surface area contributed by atoms with E-state index in [4.69, 9.17) is 46.1 Å². The van der Waals surface area contributed by atoms with E-state index in [-0.39, 0.29) is 55.8 Å². The van der Waals surface area contributed by atoms with Crippen LogP contribution in [-0.4, -0.2) is 66.2 Å². The van der Waals surface area contributed by atoms with Crippen LogP contribution in [0.15, 0.2) is 317 Å². The van der Waals surface area contributed by atoms with Crippen LogP contribution in [0.5, 0.6) is 51.7 Å². The molecule has 0 atom stereocenters. The Balaban J connectivity index is 1.12. The van der Waals surface area contributed by atoms with E-state index >= 15 is 0 Å². The van der Waals surface area contributed by atoms with Gasteiger partial charge < -0.3 is 46.1 Å². The highest BCUT2D eigenvalue weighted by atomic mass is 28.4. The van der Waals surface area contributed by atoms with Gasteiger partial charge in [-0.1, -0.05) is 364 Å². The van der Waals surface area contributed by atoms with Crippen molar-refractivity contribution in [2.24, 2.45) is 0 Å². The van der Waals surface area contributed by atoms with Crippen molar-refractivity contribution < 1.29 is 50.9 Å². The Morgan fingerprint density at radius 1 is 0.291 bits per heavy atom. The normalized spacial score (nSPS) is 12.2. The molecule has 0 radical (unpaired) electrons. The molecular weight excluding hydrogens is 1430 g/mol. The lowest BCUT2D eigenvalue weighted by Crippen LogP contribution is -2.69. The molecule has 0 saturated heterocycles. The molecule has 0 aliphatic carbocycles. The minimum atomic E-state index is -3.44. The fourth-order valence-electron chi connectivity index (χ4n) is 15.2. The number of ether oxygens (including phenoxy) is 6. The van der Waals surface area contributed by atoms with Crippen LogP contribution in [0, 0.1) is 0 Å². The minimum absolute atomic E-state index is 0.0366. The largest absolute Gasteiger partial charge is 0.531 e. The van der Waals surface area contributed by atoms with E-state index in [1.165, 1.54) is 7.11 Å². The Kier molecular flexibility index (Phi) is 25.1. The van der Waals surface area contributed by atoms with Gasteiger partial charge in [-0.25, -0.2) is 4.79 Å². The van der Waals surface area contributed by atoms with Gasteiger partial charge in [0.15, 0.2) is 34.5 Å². The Morgan fingerprint density at radius 2 is 0.482 bits per heavy atom. The SMILES string of the molecule is C=CCOc1c(OCc2cc(O[Si](c3ccccc3)(c3ccccc3)C(C)(C)C)c(OCC=C)c(O[Si](c3ccccc3)(c3ccccc3)C(C)(C)C)c2)cc(C(=O)OC)cc1OCc1cc(O[Si](c2ccccc2)(c2ccccc2)C(C)(C)C)c(OCC=C)c(O[Si](c2ccccc2)(c2ccccc2)C(C)(C)C)c1. The van der Waals surface area contributed by atoms with Crippen LogP contribution in [-0.2, 0) is 18.0 Å². The first-order valence-electron chi connectivity index (χ1n) is 37.6. The van der Waals surface area contributed by atoms with E-state index in [0.717, 1.165) is 41.5 Å². The summed E-state index contributed by atoms with van der Waals surface area (Å²) in [6, 6.07) is 95.3. The highest BCUT2D eigenvalue weighted by Crippen LogP contribution is 2.51. The van der Waals surface area contributed by atoms with Crippen molar-refractivity contribution in [3.05, 3.63) is 334 Å². The van der Waals surface area contributed by atoms with Crippen LogP contribution in [0.1, 0.15) is 105 Å². The van der Waals surface area contributed by atoms with E-state index in [9.17, 15) is 4.79 Å². The maximum absolute atomic E-state index is 14.3. The van der Waals surface area contributed by atoms with Gasteiger partial charge in [0, 0.05) is 0 Å². The van der Waals surface area contributed by atoms with Gasteiger partial charge in [0.25, 0.3) is 0 Å². The molecule has 0 fully saturated rings. The van der Waals surface area contributed by atoms with Gasteiger partial charge in [0.1, 0.15) is 33.0 Å². The van der Waals surface area contributed by atoms with Gasteiger partial charge in [-0.15, -0.1) is 0 Å². The molecule has 0 heterocycles. The van der Waals surface area contributed by atoms with Crippen molar-refractivity contribution in [1.82, 2.24) is 0 Å². The Labute approximate surface area is 656 Å². The first kappa shape index (κ1) is 80.2. The van der Waals surface area contributed by atoms with Crippen LogP contribution in [0.4, 0.5) is 0 Å². The first-order valence-corrected chi connectivity index (χ1v) is 45.2. The summed E-state index contributed by atoms with van der Waals surface area (Å²) >= 11 is 0. The number of carbonyl (C=O) groups is 1. The van der Waals surface area contributed by atoms with Gasteiger partial charge in [0.2, 0.25) is 17.2 Å². The monoisotopic (exact) mass is 1530 g/mol. The second kappa shape index (κ2) is 34.4. The third-order valence-corrected chi connectivity index (χ3v) is 39.9. The fraction of sp³-hybridized carbons (Fsp3) is 0.232. The van der Waals surface area contributed by atoms with E-state index in [0.29, 0.717) is 45.6 Å². The number of methoxy groups -OCH3 is 1. The van der Waals surface area contributed by atoms with E-state index in [1.807, 2.05) is 72.8 Å². The summed E-state index contributed by atoms with van der Waals surface area (Å²) in [5, 5.41) is 6.57. The summed E-state index contributed by atoms with van der Waals surface area (Å²) in [7, 11) is -12.4. The molecule has 0 aliphatic heterocycles. The lowest BCUT2D eigenvalue weighted by Gasteiger charge is -2.44. The van der Waals surface area contributed by atoms with Crippen molar-refractivity contribution in [2.45, 2.75) is 116 Å². The number of esters is 1. The number of carbonyl (C=O) groups excluding carboxylic acids is 1. The van der Waals surface area contributed by atoms with Crippen molar-refractivity contribution >= 4 is 80.7 Å².